The molecular weight excluding hydrogens is 861 g/mol. The van der Waals surface area contributed by atoms with Crippen molar-refractivity contribution in [3.05, 3.63) is 255 Å². The highest BCUT2D eigenvalue weighted by Crippen LogP contribution is 2.52. The molecule has 0 unspecified atom stereocenters. The molecule has 2 aromatic heterocycles. The zero-order valence-electron chi connectivity index (χ0n) is 37.0. The van der Waals surface area contributed by atoms with Gasteiger partial charge in [-0.05, 0) is 88.3 Å². The zero-order chi connectivity index (χ0) is 45.0. The molecule has 320 valence electrons. The monoisotopic (exact) mass is 902 g/mol. The highest BCUT2D eigenvalue weighted by atomic mass is 32.1. The van der Waals surface area contributed by atoms with Crippen molar-refractivity contribution in [3.8, 4) is 33.4 Å². The van der Waals surface area contributed by atoms with Crippen LogP contribution < -0.4 is 9.80 Å². The van der Waals surface area contributed by atoms with E-state index in [-0.39, 0.29) is 0 Å². The van der Waals surface area contributed by atoms with Gasteiger partial charge in [-0.25, -0.2) is 0 Å². The SMILES string of the molecule is c1ccc(-c2ccccc2N(c2cccc(-c3ccccc3N(c3cccc4c3sc3ccccc34)c3cccc4sc5ccccc5c34)c2)c2ccc(-c3ccccc3)c3ccccc23)cc1. The Balaban J connectivity index is 1.05. The largest absolute Gasteiger partial charge is 0.309 e. The average Bonchev–Trinajstić information content (AvgIpc) is 3.99. The molecular formula is C64H42N2S2. The first kappa shape index (κ1) is 40.0. The minimum absolute atomic E-state index is 1.07. The Labute approximate surface area is 403 Å². The summed E-state index contributed by atoms with van der Waals surface area (Å²) in [6.07, 6.45) is 0. The molecule has 2 heterocycles. The molecule has 0 aliphatic rings. The first-order chi connectivity index (χ1) is 33.8. The Morgan fingerprint density at radius 1 is 0.250 bits per heavy atom. The van der Waals surface area contributed by atoms with Gasteiger partial charge in [0.05, 0.1) is 33.1 Å². The molecule has 0 fully saturated rings. The van der Waals surface area contributed by atoms with Crippen molar-refractivity contribution in [3.63, 3.8) is 0 Å². The first-order valence-corrected chi connectivity index (χ1v) is 24.7. The van der Waals surface area contributed by atoms with Gasteiger partial charge in [-0.15, -0.1) is 22.7 Å². The molecule has 0 aliphatic heterocycles. The Hall–Kier alpha value is -8.28. The van der Waals surface area contributed by atoms with Crippen LogP contribution in [0.3, 0.4) is 0 Å². The molecule has 0 aliphatic carbocycles. The third-order valence-corrected chi connectivity index (χ3v) is 15.6. The van der Waals surface area contributed by atoms with Crippen LogP contribution in [0.2, 0.25) is 0 Å². The Bertz CT molecular complexity index is 4000. The van der Waals surface area contributed by atoms with E-state index < -0.39 is 0 Å². The summed E-state index contributed by atoms with van der Waals surface area (Å²) < 4.78 is 5.12. The number of benzene rings is 11. The number of fused-ring (bicyclic) bond motifs is 7. The van der Waals surface area contributed by atoms with Gasteiger partial charge >= 0.3 is 0 Å². The summed E-state index contributed by atoms with van der Waals surface area (Å²) in [7, 11) is 0. The molecule has 0 spiro atoms. The quantitative estimate of drug-likeness (QED) is 0.142. The summed E-state index contributed by atoms with van der Waals surface area (Å²) in [5.41, 5.74) is 13.8. The predicted molar refractivity (Wildman–Crippen MR) is 295 cm³/mol. The first-order valence-electron chi connectivity index (χ1n) is 23.1. The third kappa shape index (κ3) is 6.76. The van der Waals surface area contributed by atoms with E-state index in [9.17, 15) is 0 Å². The van der Waals surface area contributed by atoms with Crippen LogP contribution in [-0.2, 0) is 0 Å². The van der Waals surface area contributed by atoms with Gasteiger partial charge in [-0.1, -0.05) is 194 Å². The molecule has 13 rings (SSSR count). The van der Waals surface area contributed by atoms with E-state index in [1.807, 2.05) is 22.7 Å². The maximum Gasteiger partial charge on any atom is 0.0640 e. The Morgan fingerprint density at radius 2 is 0.750 bits per heavy atom. The molecule has 0 bridgehead atoms. The van der Waals surface area contributed by atoms with Crippen molar-refractivity contribution < 1.29 is 0 Å². The Kier molecular flexibility index (Phi) is 9.93. The maximum absolute atomic E-state index is 2.54. The van der Waals surface area contributed by atoms with Gasteiger partial charge < -0.3 is 9.80 Å². The minimum Gasteiger partial charge on any atom is -0.309 e. The predicted octanol–water partition coefficient (Wildman–Crippen LogP) is 19.5. The van der Waals surface area contributed by atoms with Crippen molar-refractivity contribution in [2.24, 2.45) is 0 Å². The van der Waals surface area contributed by atoms with Crippen molar-refractivity contribution in [2.75, 3.05) is 9.80 Å². The normalized spacial score (nSPS) is 11.5. The van der Waals surface area contributed by atoms with Gasteiger partial charge in [0.25, 0.3) is 0 Å². The van der Waals surface area contributed by atoms with Crippen LogP contribution in [0.15, 0.2) is 255 Å². The van der Waals surface area contributed by atoms with Gasteiger partial charge in [0, 0.05) is 57.8 Å². The summed E-state index contributed by atoms with van der Waals surface area (Å²) in [4.78, 5) is 5.01. The average molecular weight is 903 g/mol. The molecule has 0 radical (unpaired) electrons. The summed E-state index contributed by atoms with van der Waals surface area (Å²) in [5.74, 6) is 0. The Morgan fingerprint density at radius 3 is 1.51 bits per heavy atom. The van der Waals surface area contributed by atoms with Crippen LogP contribution >= 0.6 is 22.7 Å². The molecule has 0 amide bonds. The van der Waals surface area contributed by atoms with Gasteiger partial charge in [0.15, 0.2) is 0 Å². The molecule has 2 nitrogen and oxygen atoms in total. The standard InChI is InChI=1S/C64H42N2S2/c1-3-20-43(21-4-1)47-40-41-57(51-29-8-7-28-50(47)51)65(55-33-13-9-26-48(55)44-22-5-2-6-23-44)46-25-17-24-45(42-46)49-27-10-14-34-56(49)66(58-35-19-39-62-63(58)54-31-12-16-38-61(54)67-62)59-36-18-32-53-52-30-11-15-37-60(52)68-64(53)59/h1-42H. The number of para-hydroxylation sites is 2. The van der Waals surface area contributed by atoms with Crippen LogP contribution in [0.25, 0.3) is 84.5 Å². The molecule has 13 aromatic rings. The highest BCUT2D eigenvalue weighted by molar-refractivity contribution is 7.26. The molecule has 0 atom stereocenters. The number of hydrogen-bond donors (Lipinski definition) is 0. The molecule has 4 heteroatoms. The smallest absolute Gasteiger partial charge is 0.0640 e. The van der Waals surface area contributed by atoms with Gasteiger partial charge in [-0.2, -0.15) is 0 Å². The van der Waals surface area contributed by atoms with E-state index in [0.717, 1.165) is 45.1 Å². The van der Waals surface area contributed by atoms with Crippen molar-refractivity contribution in [1.82, 2.24) is 0 Å². The number of nitrogens with zero attached hydrogens (tertiary/aromatic N) is 2. The third-order valence-electron chi connectivity index (χ3n) is 13.3. The number of thiophene rings is 2. The summed E-state index contributed by atoms with van der Waals surface area (Å²) >= 11 is 3.74. The van der Waals surface area contributed by atoms with E-state index in [4.69, 9.17) is 0 Å². The van der Waals surface area contributed by atoms with Crippen LogP contribution in [0.1, 0.15) is 0 Å². The van der Waals surface area contributed by atoms with E-state index in [1.54, 1.807) is 0 Å². The zero-order valence-corrected chi connectivity index (χ0v) is 38.6. The van der Waals surface area contributed by atoms with E-state index in [2.05, 4.69) is 265 Å². The second-order valence-electron chi connectivity index (χ2n) is 17.2. The van der Waals surface area contributed by atoms with Crippen LogP contribution in [0, 0.1) is 0 Å². The summed E-state index contributed by atoms with van der Waals surface area (Å²) in [5, 5.41) is 7.49. The number of hydrogen-bond acceptors (Lipinski definition) is 4. The molecule has 0 saturated carbocycles. The van der Waals surface area contributed by atoms with Gasteiger partial charge in [-0.3, -0.25) is 0 Å². The fourth-order valence-electron chi connectivity index (χ4n) is 10.3. The topological polar surface area (TPSA) is 6.48 Å². The fraction of sp³-hybridized carbons (Fsp3) is 0. The van der Waals surface area contributed by atoms with E-state index in [1.165, 1.54) is 73.5 Å². The molecule has 0 saturated heterocycles. The van der Waals surface area contributed by atoms with E-state index >= 15 is 0 Å². The highest BCUT2D eigenvalue weighted by Gasteiger charge is 2.25. The van der Waals surface area contributed by atoms with Crippen LogP contribution in [0.4, 0.5) is 34.1 Å². The maximum atomic E-state index is 2.54. The molecule has 68 heavy (non-hydrogen) atoms. The van der Waals surface area contributed by atoms with Crippen molar-refractivity contribution in [1.29, 1.82) is 0 Å². The minimum atomic E-state index is 1.07. The fourth-order valence-corrected chi connectivity index (χ4v) is 12.6. The van der Waals surface area contributed by atoms with Gasteiger partial charge in [0.2, 0.25) is 0 Å². The van der Waals surface area contributed by atoms with Crippen molar-refractivity contribution >= 4 is 108 Å². The molecule has 0 N–H and O–H groups in total. The van der Waals surface area contributed by atoms with Crippen LogP contribution in [0.5, 0.6) is 0 Å². The second kappa shape index (κ2) is 16.9. The van der Waals surface area contributed by atoms with Gasteiger partial charge in [0.1, 0.15) is 0 Å². The van der Waals surface area contributed by atoms with Crippen molar-refractivity contribution in [2.45, 2.75) is 0 Å². The van der Waals surface area contributed by atoms with E-state index in [0.29, 0.717) is 0 Å². The number of anilines is 6. The number of rotatable bonds is 9. The lowest BCUT2D eigenvalue weighted by atomic mass is 9.95. The lowest BCUT2D eigenvalue weighted by Gasteiger charge is -2.31. The lowest BCUT2D eigenvalue weighted by Crippen LogP contribution is -2.13. The molecule has 11 aromatic carbocycles. The summed E-state index contributed by atoms with van der Waals surface area (Å²) in [6, 6.07) is 93.2. The lowest BCUT2D eigenvalue weighted by molar-refractivity contribution is 1.29. The van der Waals surface area contributed by atoms with Crippen LogP contribution in [-0.4, -0.2) is 0 Å². The summed E-state index contributed by atoms with van der Waals surface area (Å²) in [6.45, 7) is 0. The second-order valence-corrected chi connectivity index (χ2v) is 19.3.